The Kier molecular flexibility index (Phi) is 7.22. The van der Waals surface area contributed by atoms with Crippen LogP contribution < -0.4 is 4.90 Å². The summed E-state index contributed by atoms with van der Waals surface area (Å²) in [7, 11) is 0. The molecule has 1 amide bonds. The number of pyridine rings is 1. The zero-order valence-electron chi connectivity index (χ0n) is 21.5. The molecule has 0 aliphatic carbocycles. The summed E-state index contributed by atoms with van der Waals surface area (Å²) in [6.07, 6.45) is 3.50. The molecular weight excluding hydrogens is 528 g/mol. The maximum atomic E-state index is 13.3. The molecule has 39 heavy (non-hydrogen) atoms. The van der Waals surface area contributed by atoms with Crippen LogP contribution in [0.4, 0.5) is 5.69 Å². The first kappa shape index (κ1) is 25.4. The van der Waals surface area contributed by atoms with Crippen LogP contribution in [0.15, 0.2) is 90.3 Å². The maximum absolute atomic E-state index is 13.3. The van der Waals surface area contributed by atoms with Crippen LogP contribution in [0.25, 0.3) is 27.8 Å². The fraction of sp³-hybridized carbons (Fsp3) is 0.200. The van der Waals surface area contributed by atoms with Gasteiger partial charge in [-0.2, -0.15) is 0 Å². The highest BCUT2D eigenvalue weighted by Crippen LogP contribution is 2.32. The van der Waals surface area contributed by atoms with Crippen molar-refractivity contribution in [2.75, 3.05) is 36.8 Å². The van der Waals surface area contributed by atoms with Gasteiger partial charge >= 0.3 is 0 Å². The molecule has 0 unspecified atom stereocenters. The molecule has 9 heteroatoms. The number of piperazine rings is 1. The molecular formula is C30H27ClN6OS. The monoisotopic (exact) mass is 554 g/mol. The van der Waals surface area contributed by atoms with E-state index >= 15 is 0 Å². The second kappa shape index (κ2) is 11.1. The highest BCUT2D eigenvalue weighted by atomic mass is 35.5. The van der Waals surface area contributed by atoms with Gasteiger partial charge in [0.05, 0.1) is 11.4 Å². The van der Waals surface area contributed by atoms with Gasteiger partial charge in [-0.05, 0) is 48.2 Å². The molecule has 0 saturated carbocycles. The average molecular weight is 555 g/mol. The molecule has 0 atom stereocenters. The summed E-state index contributed by atoms with van der Waals surface area (Å²) in [6.45, 7) is 4.98. The summed E-state index contributed by atoms with van der Waals surface area (Å²) in [5.41, 5.74) is 4.21. The smallest absolute Gasteiger partial charge is 0.233 e. The number of hydrogen-bond donors (Lipinski definition) is 0. The van der Waals surface area contributed by atoms with Crippen molar-refractivity contribution in [3.05, 3.63) is 95.8 Å². The van der Waals surface area contributed by atoms with E-state index in [0.29, 0.717) is 24.1 Å². The number of halogens is 1. The molecule has 0 bridgehead atoms. The molecule has 2 aromatic heterocycles. The Morgan fingerprint density at radius 3 is 2.49 bits per heavy atom. The van der Waals surface area contributed by atoms with E-state index in [-0.39, 0.29) is 11.7 Å². The molecule has 196 valence electrons. The zero-order valence-corrected chi connectivity index (χ0v) is 23.1. The normalized spacial score (nSPS) is 13.7. The molecule has 7 nitrogen and oxygen atoms in total. The van der Waals surface area contributed by atoms with Crippen LogP contribution in [0.5, 0.6) is 0 Å². The van der Waals surface area contributed by atoms with E-state index in [9.17, 15) is 4.79 Å². The van der Waals surface area contributed by atoms with Crippen LogP contribution in [0, 0.1) is 6.92 Å². The van der Waals surface area contributed by atoms with Crippen molar-refractivity contribution in [3.63, 3.8) is 0 Å². The number of rotatable bonds is 6. The Hall–Kier alpha value is -3.88. The third-order valence-electron chi connectivity index (χ3n) is 7.05. The van der Waals surface area contributed by atoms with Crippen molar-refractivity contribution in [2.24, 2.45) is 0 Å². The molecule has 0 radical (unpaired) electrons. The van der Waals surface area contributed by atoms with Crippen molar-refractivity contribution < 1.29 is 4.79 Å². The van der Waals surface area contributed by atoms with Crippen LogP contribution >= 0.6 is 23.4 Å². The van der Waals surface area contributed by atoms with E-state index in [1.807, 2.05) is 53.4 Å². The highest BCUT2D eigenvalue weighted by Gasteiger charge is 2.24. The zero-order chi connectivity index (χ0) is 26.8. The number of benzene rings is 3. The molecule has 5 aromatic rings. The third kappa shape index (κ3) is 5.22. The predicted molar refractivity (Wildman–Crippen MR) is 158 cm³/mol. The van der Waals surface area contributed by atoms with Crippen LogP contribution in [-0.4, -0.2) is 62.5 Å². The fourth-order valence-electron chi connectivity index (χ4n) is 5.01. The number of carbonyl (C=O) groups excluding carboxylic acids is 1. The topological polar surface area (TPSA) is 67.2 Å². The Labute approximate surface area is 236 Å². The first-order valence-corrected chi connectivity index (χ1v) is 14.2. The first-order valence-electron chi connectivity index (χ1n) is 12.8. The van der Waals surface area contributed by atoms with Gasteiger partial charge in [-0.3, -0.25) is 14.3 Å². The summed E-state index contributed by atoms with van der Waals surface area (Å²) in [4.78, 5) is 21.7. The van der Waals surface area contributed by atoms with Gasteiger partial charge in [-0.25, -0.2) is 0 Å². The molecule has 6 rings (SSSR count). The Bertz CT molecular complexity index is 1630. The number of nitrogens with zero attached hydrogens (tertiary/aromatic N) is 6. The maximum Gasteiger partial charge on any atom is 0.233 e. The quantitative estimate of drug-likeness (QED) is 0.244. The molecule has 0 spiro atoms. The van der Waals surface area contributed by atoms with Crippen molar-refractivity contribution in [2.45, 2.75) is 12.1 Å². The molecule has 1 aliphatic rings. The number of carbonyl (C=O) groups is 1. The van der Waals surface area contributed by atoms with Gasteiger partial charge in [0.1, 0.15) is 0 Å². The predicted octanol–water partition coefficient (Wildman–Crippen LogP) is 5.89. The number of hydrogen-bond acceptors (Lipinski definition) is 6. The number of fused-ring (bicyclic) bond motifs is 1. The largest absolute Gasteiger partial charge is 0.368 e. The molecule has 1 saturated heterocycles. The SMILES string of the molecule is Cc1ccc(Cl)cc1N1CCN(C(=O)CSc2nnc(-c3ccncc3)n2-c2cccc3ccccc23)CC1. The molecule has 3 heterocycles. The van der Waals surface area contributed by atoms with E-state index < -0.39 is 0 Å². The summed E-state index contributed by atoms with van der Waals surface area (Å²) < 4.78 is 2.05. The minimum absolute atomic E-state index is 0.0976. The summed E-state index contributed by atoms with van der Waals surface area (Å²) >= 11 is 7.66. The fourth-order valence-corrected chi connectivity index (χ4v) is 6.02. The second-order valence-corrected chi connectivity index (χ2v) is 10.8. The first-order chi connectivity index (χ1) is 19.1. The van der Waals surface area contributed by atoms with Crippen molar-refractivity contribution in [3.8, 4) is 17.1 Å². The lowest BCUT2D eigenvalue weighted by molar-refractivity contribution is -0.128. The van der Waals surface area contributed by atoms with Gasteiger partial charge in [0.25, 0.3) is 0 Å². The standard InChI is InChI=1S/C30H27ClN6OS/c1-21-9-10-24(31)19-27(21)35-15-17-36(18-16-35)28(38)20-39-30-34-33-29(23-11-13-32-14-12-23)37(30)26-8-4-6-22-5-2-3-7-25(22)26/h2-14,19H,15-18,20H2,1H3. The van der Waals surface area contributed by atoms with E-state index in [2.05, 4.69) is 55.8 Å². The minimum Gasteiger partial charge on any atom is -0.368 e. The van der Waals surface area contributed by atoms with E-state index in [1.165, 1.54) is 17.3 Å². The lowest BCUT2D eigenvalue weighted by Gasteiger charge is -2.36. The average Bonchev–Trinajstić information content (AvgIpc) is 3.41. The van der Waals surface area contributed by atoms with Crippen LogP contribution in [-0.2, 0) is 4.79 Å². The van der Waals surface area contributed by atoms with E-state index in [0.717, 1.165) is 45.8 Å². The summed E-state index contributed by atoms with van der Waals surface area (Å²) in [5.74, 6) is 1.10. The Morgan fingerprint density at radius 1 is 0.897 bits per heavy atom. The van der Waals surface area contributed by atoms with Gasteiger partial charge < -0.3 is 9.80 Å². The number of aromatic nitrogens is 4. The number of anilines is 1. The molecule has 0 N–H and O–H groups in total. The Balaban J connectivity index is 1.22. The van der Waals surface area contributed by atoms with Crippen molar-refractivity contribution in [1.82, 2.24) is 24.6 Å². The van der Waals surface area contributed by atoms with E-state index in [4.69, 9.17) is 11.6 Å². The number of thioether (sulfide) groups is 1. The van der Waals surface area contributed by atoms with Gasteiger partial charge in [-0.15, -0.1) is 10.2 Å². The van der Waals surface area contributed by atoms with E-state index in [1.54, 1.807) is 12.4 Å². The Morgan fingerprint density at radius 2 is 1.67 bits per heavy atom. The van der Waals surface area contributed by atoms with Crippen LogP contribution in [0.3, 0.4) is 0 Å². The van der Waals surface area contributed by atoms with Crippen LogP contribution in [0.2, 0.25) is 5.02 Å². The van der Waals surface area contributed by atoms with Gasteiger partial charge in [-0.1, -0.05) is 65.8 Å². The highest BCUT2D eigenvalue weighted by molar-refractivity contribution is 7.99. The van der Waals surface area contributed by atoms with Crippen molar-refractivity contribution >= 4 is 45.7 Å². The van der Waals surface area contributed by atoms with Gasteiger partial charge in [0.2, 0.25) is 5.91 Å². The third-order valence-corrected chi connectivity index (χ3v) is 8.20. The summed E-state index contributed by atoms with van der Waals surface area (Å²) in [6, 6.07) is 24.3. The molecule has 1 fully saturated rings. The number of aryl methyl sites for hydroxylation is 1. The minimum atomic E-state index is 0.0976. The van der Waals surface area contributed by atoms with Crippen LogP contribution in [0.1, 0.15) is 5.56 Å². The lowest BCUT2D eigenvalue weighted by Crippen LogP contribution is -2.49. The van der Waals surface area contributed by atoms with Gasteiger partial charge in [0.15, 0.2) is 11.0 Å². The molecule has 3 aromatic carbocycles. The second-order valence-electron chi connectivity index (χ2n) is 9.46. The lowest BCUT2D eigenvalue weighted by atomic mass is 10.1. The summed E-state index contributed by atoms with van der Waals surface area (Å²) in [5, 5.41) is 12.7. The number of amides is 1. The van der Waals surface area contributed by atoms with Crippen molar-refractivity contribution in [1.29, 1.82) is 0 Å². The van der Waals surface area contributed by atoms with Gasteiger partial charge in [0, 0.05) is 60.2 Å². The molecule has 1 aliphatic heterocycles.